The van der Waals surface area contributed by atoms with E-state index in [9.17, 15) is 9.59 Å². The molecule has 1 rings (SSSR count). The van der Waals surface area contributed by atoms with Crippen LogP contribution in [0.25, 0.3) is 0 Å². The molecule has 5 nitrogen and oxygen atoms in total. The number of aromatic hydroxyl groups is 1. The summed E-state index contributed by atoms with van der Waals surface area (Å²) in [6.45, 7) is 1.42. The molecule has 0 spiro atoms. The van der Waals surface area contributed by atoms with Crippen molar-refractivity contribution in [2.45, 2.75) is 6.92 Å². The lowest BCUT2D eigenvalue weighted by Gasteiger charge is -1.98. The predicted octanol–water partition coefficient (Wildman–Crippen LogP) is -0.247. The molecule has 64 valence electrons. The molecule has 1 aromatic rings. The van der Waals surface area contributed by atoms with E-state index in [-0.39, 0.29) is 11.3 Å². The fraction of sp³-hybridized carbons (Fsp3) is 0.143. The summed E-state index contributed by atoms with van der Waals surface area (Å²) in [6.07, 6.45) is 0.865. The first-order chi connectivity index (χ1) is 5.54. The molecule has 1 aromatic heterocycles. The zero-order valence-corrected chi connectivity index (χ0v) is 6.33. The molecule has 0 atom stereocenters. The van der Waals surface area contributed by atoms with E-state index in [0.29, 0.717) is 0 Å². The van der Waals surface area contributed by atoms with Gasteiger partial charge in [-0.05, 0) is 6.92 Å². The van der Waals surface area contributed by atoms with Crippen LogP contribution in [0.4, 0.5) is 0 Å². The van der Waals surface area contributed by atoms with Crippen LogP contribution in [0.2, 0.25) is 0 Å². The second-order valence-corrected chi connectivity index (χ2v) is 2.25. The van der Waals surface area contributed by atoms with Crippen molar-refractivity contribution in [3.8, 4) is 5.75 Å². The predicted molar refractivity (Wildman–Crippen MR) is 39.9 cm³/mol. The zero-order chi connectivity index (χ0) is 9.30. The molecule has 1 heterocycles. The fourth-order valence-electron chi connectivity index (χ4n) is 0.830. The first kappa shape index (κ1) is 8.32. The van der Waals surface area contributed by atoms with E-state index in [1.165, 1.54) is 6.92 Å². The molecular formula is C7H7NO4. The minimum Gasteiger partial charge on any atom is -0.502 e. The van der Waals surface area contributed by atoms with Gasteiger partial charge >= 0.3 is 0 Å². The largest absolute Gasteiger partial charge is 0.502 e. The first-order valence-electron chi connectivity index (χ1n) is 3.15. The maximum atomic E-state index is 11.0. The molecule has 0 aliphatic rings. The Morgan fingerprint density at radius 1 is 1.67 bits per heavy atom. The number of primary amides is 1. The summed E-state index contributed by atoms with van der Waals surface area (Å²) < 4.78 is 4.68. The molecular weight excluding hydrogens is 162 g/mol. The number of hydrogen-bond acceptors (Lipinski definition) is 4. The van der Waals surface area contributed by atoms with Crippen LogP contribution in [-0.4, -0.2) is 11.0 Å². The van der Waals surface area contributed by atoms with E-state index in [1.807, 2.05) is 0 Å². The lowest BCUT2D eigenvalue weighted by Crippen LogP contribution is -2.22. The normalized spacial score (nSPS) is 9.75. The van der Waals surface area contributed by atoms with Crippen LogP contribution in [0.3, 0.4) is 0 Å². The SMILES string of the molecule is Cc1occ(O)c(=O)c1C(N)=O. The molecule has 0 radical (unpaired) electrons. The van der Waals surface area contributed by atoms with Gasteiger partial charge in [0.2, 0.25) is 5.43 Å². The van der Waals surface area contributed by atoms with Gasteiger partial charge in [0.25, 0.3) is 5.91 Å². The van der Waals surface area contributed by atoms with Gasteiger partial charge in [0.05, 0.1) is 0 Å². The van der Waals surface area contributed by atoms with Crippen LogP contribution in [0.5, 0.6) is 5.75 Å². The Hall–Kier alpha value is -1.78. The molecule has 0 unspecified atom stereocenters. The highest BCUT2D eigenvalue weighted by Crippen LogP contribution is 2.07. The van der Waals surface area contributed by atoms with Crippen molar-refractivity contribution in [1.29, 1.82) is 0 Å². The monoisotopic (exact) mass is 169 g/mol. The van der Waals surface area contributed by atoms with Crippen LogP contribution in [-0.2, 0) is 0 Å². The summed E-state index contributed by atoms with van der Waals surface area (Å²) in [5, 5.41) is 8.86. The van der Waals surface area contributed by atoms with Crippen molar-refractivity contribution < 1.29 is 14.3 Å². The lowest BCUT2D eigenvalue weighted by molar-refractivity contribution is 0.0995. The number of amides is 1. The molecule has 5 heteroatoms. The van der Waals surface area contributed by atoms with Gasteiger partial charge in [-0.2, -0.15) is 0 Å². The number of aryl methyl sites for hydroxylation is 1. The van der Waals surface area contributed by atoms with Gasteiger partial charge in [-0.15, -0.1) is 0 Å². The van der Waals surface area contributed by atoms with Gasteiger partial charge in [-0.25, -0.2) is 0 Å². The third-order valence-electron chi connectivity index (χ3n) is 1.41. The second kappa shape index (κ2) is 2.69. The smallest absolute Gasteiger partial charge is 0.256 e. The molecule has 0 bridgehead atoms. The topological polar surface area (TPSA) is 93.5 Å². The third-order valence-corrected chi connectivity index (χ3v) is 1.41. The second-order valence-electron chi connectivity index (χ2n) is 2.25. The van der Waals surface area contributed by atoms with Crippen molar-refractivity contribution in [3.05, 3.63) is 27.8 Å². The molecule has 12 heavy (non-hydrogen) atoms. The molecule has 0 fully saturated rings. The number of carbonyl (C=O) groups is 1. The summed E-state index contributed by atoms with van der Waals surface area (Å²) in [5.74, 6) is -1.42. The van der Waals surface area contributed by atoms with Crippen molar-refractivity contribution in [2.24, 2.45) is 5.73 Å². The summed E-state index contributed by atoms with van der Waals surface area (Å²) in [6, 6.07) is 0. The van der Waals surface area contributed by atoms with Gasteiger partial charge in [0.15, 0.2) is 5.75 Å². The number of carbonyl (C=O) groups excluding carboxylic acids is 1. The van der Waals surface area contributed by atoms with E-state index in [0.717, 1.165) is 6.26 Å². The van der Waals surface area contributed by atoms with Crippen LogP contribution < -0.4 is 11.2 Å². The highest BCUT2D eigenvalue weighted by molar-refractivity contribution is 5.93. The number of rotatable bonds is 1. The van der Waals surface area contributed by atoms with Crippen molar-refractivity contribution in [3.63, 3.8) is 0 Å². The Bertz CT molecular complexity index is 379. The number of hydrogen-bond donors (Lipinski definition) is 2. The van der Waals surface area contributed by atoms with E-state index >= 15 is 0 Å². The van der Waals surface area contributed by atoms with E-state index in [2.05, 4.69) is 4.42 Å². The van der Waals surface area contributed by atoms with Gasteiger partial charge in [-0.3, -0.25) is 9.59 Å². The molecule has 0 aliphatic carbocycles. The molecule has 0 saturated carbocycles. The average molecular weight is 169 g/mol. The molecule has 0 aliphatic heterocycles. The van der Waals surface area contributed by atoms with Gasteiger partial charge in [-0.1, -0.05) is 0 Å². The van der Waals surface area contributed by atoms with Crippen LogP contribution in [0.1, 0.15) is 16.1 Å². The Morgan fingerprint density at radius 3 is 2.67 bits per heavy atom. The molecule has 0 aromatic carbocycles. The third kappa shape index (κ3) is 1.16. The summed E-state index contributed by atoms with van der Waals surface area (Å²) >= 11 is 0. The Morgan fingerprint density at radius 2 is 2.25 bits per heavy atom. The van der Waals surface area contributed by atoms with Crippen molar-refractivity contribution >= 4 is 5.91 Å². The highest BCUT2D eigenvalue weighted by Gasteiger charge is 2.14. The van der Waals surface area contributed by atoms with Gasteiger partial charge in [0, 0.05) is 0 Å². The van der Waals surface area contributed by atoms with Crippen LogP contribution >= 0.6 is 0 Å². The molecule has 3 N–H and O–H groups in total. The van der Waals surface area contributed by atoms with Crippen molar-refractivity contribution in [1.82, 2.24) is 0 Å². The summed E-state index contributed by atoms with van der Waals surface area (Å²) in [7, 11) is 0. The minimum absolute atomic E-state index is 0.102. The van der Waals surface area contributed by atoms with E-state index < -0.39 is 17.1 Å². The van der Waals surface area contributed by atoms with Gasteiger partial charge in [0.1, 0.15) is 17.6 Å². The Kier molecular flexibility index (Phi) is 1.86. The van der Waals surface area contributed by atoms with Crippen molar-refractivity contribution in [2.75, 3.05) is 0 Å². The van der Waals surface area contributed by atoms with Crippen LogP contribution in [0.15, 0.2) is 15.5 Å². The lowest BCUT2D eigenvalue weighted by atomic mass is 10.2. The standard InChI is InChI=1S/C7H7NO4/c1-3-5(7(8)11)6(10)4(9)2-12-3/h2,9H,1H3,(H2,8,11). The average Bonchev–Trinajstić information content (AvgIpc) is 1.97. The maximum absolute atomic E-state index is 11.0. The van der Waals surface area contributed by atoms with Gasteiger partial charge < -0.3 is 15.3 Å². The summed E-state index contributed by atoms with van der Waals surface area (Å²) in [5.41, 5.74) is 3.76. The quantitative estimate of drug-likeness (QED) is 0.606. The maximum Gasteiger partial charge on any atom is 0.256 e. The van der Waals surface area contributed by atoms with E-state index in [4.69, 9.17) is 10.8 Å². The first-order valence-corrected chi connectivity index (χ1v) is 3.15. The Labute approximate surface area is 67.4 Å². The minimum atomic E-state index is -0.905. The Balaban J connectivity index is 3.55. The zero-order valence-electron chi connectivity index (χ0n) is 6.33. The van der Waals surface area contributed by atoms with Crippen LogP contribution in [0, 0.1) is 6.92 Å². The summed E-state index contributed by atoms with van der Waals surface area (Å²) in [4.78, 5) is 21.7. The van der Waals surface area contributed by atoms with E-state index in [1.54, 1.807) is 0 Å². The highest BCUT2D eigenvalue weighted by atomic mass is 16.4. The molecule has 1 amide bonds. The number of nitrogens with two attached hydrogens (primary N) is 1. The fourth-order valence-corrected chi connectivity index (χ4v) is 0.830. The molecule has 0 saturated heterocycles.